The summed E-state index contributed by atoms with van der Waals surface area (Å²) in [5, 5.41) is 0. The topological polar surface area (TPSA) is 0 Å². The van der Waals surface area contributed by atoms with Gasteiger partial charge < -0.3 is 17.3 Å². The highest BCUT2D eigenvalue weighted by molar-refractivity contribution is 7.96. The van der Waals surface area contributed by atoms with Gasteiger partial charge >= 0.3 is 7.25 Å². The molecular formula is C5H13BF4S. The molecule has 0 bridgehead atoms. The first-order chi connectivity index (χ1) is 4.81. The molecule has 0 aliphatic heterocycles. The normalized spacial score (nSPS) is 10.9. The molecule has 0 N–H and O–H groups in total. The molecule has 0 heterocycles. The van der Waals surface area contributed by atoms with E-state index < -0.39 is 7.25 Å². The fourth-order valence-electron chi connectivity index (χ4n) is 0.204. The summed E-state index contributed by atoms with van der Waals surface area (Å²) in [6.45, 7) is 4.49. The monoisotopic (exact) mass is 192 g/mol. The molecule has 0 aromatic heterocycles. The molecule has 0 nitrogen and oxygen atoms in total. The quantitative estimate of drug-likeness (QED) is 0.358. The van der Waals surface area contributed by atoms with Crippen molar-refractivity contribution in [3.05, 3.63) is 0 Å². The van der Waals surface area contributed by atoms with E-state index in [1.54, 1.807) is 0 Å². The lowest BCUT2D eigenvalue weighted by molar-refractivity contribution is 0.368. The standard InChI is InChI=1S/C5H13S.BF4/c1-4-6(3)5-2;2-1(3,4)5/h4-5H2,1-3H3;/q+1;-1. The van der Waals surface area contributed by atoms with Crippen molar-refractivity contribution in [1.82, 2.24) is 0 Å². The Bertz CT molecular complexity index is 75.0. The van der Waals surface area contributed by atoms with Gasteiger partial charge in [-0.05, 0) is 24.7 Å². The molecule has 0 saturated heterocycles. The molecule has 0 aliphatic carbocycles. The van der Waals surface area contributed by atoms with Gasteiger partial charge in [-0.1, -0.05) is 0 Å². The second-order valence-electron chi connectivity index (χ2n) is 1.85. The van der Waals surface area contributed by atoms with Crippen LogP contribution in [-0.2, 0) is 10.9 Å². The van der Waals surface area contributed by atoms with Crippen LogP contribution in [0.15, 0.2) is 0 Å². The molecule has 11 heavy (non-hydrogen) atoms. The van der Waals surface area contributed by atoms with Crippen molar-refractivity contribution in [3.8, 4) is 0 Å². The summed E-state index contributed by atoms with van der Waals surface area (Å²) in [6.07, 6.45) is 2.31. The molecule has 6 heteroatoms. The van der Waals surface area contributed by atoms with Crippen LogP contribution in [-0.4, -0.2) is 25.0 Å². The van der Waals surface area contributed by atoms with Crippen molar-refractivity contribution in [3.63, 3.8) is 0 Å². The number of hydrogen-bond donors (Lipinski definition) is 0. The van der Waals surface area contributed by atoms with Gasteiger partial charge in [0.15, 0.2) is 0 Å². The fraction of sp³-hybridized carbons (Fsp3) is 1.00. The van der Waals surface area contributed by atoms with Crippen LogP contribution in [0, 0.1) is 0 Å². The zero-order chi connectivity index (χ0) is 9.49. The van der Waals surface area contributed by atoms with Crippen molar-refractivity contribution in [2.75, 3.05) is 17.8 Å². The summed E-state index contributed by atoms with van der Waals surface area (Å²) >= 11 is 0. The Hall–Kier alpha value is 0.135. The van der Waals surface area contributed by atoms with E-state index >= 15 is 0 Å². The fourth-order valence-corrected chi connectivity index (χ4v) is 0.612. The third-order valence-electron chi connectivity index (χ3n) is 0.986. The highest BCUT2D eigenvalue weighted by Gasteiger charge is 2.20. The second kappa shape index (κ2) is 6.82. The predicted octanol–water partition coefficient (Wildman–Crippen LogP) is 2.57. The zero-order valence-electron chi connectivity index (χ0n) is 6.91. The number of hydrogen-bond acceptors (Lipinski definition) is 0. The van der Waals surface area contributed by atoms with E-state index in [-0.39, 0.29) is 0 Å². The molecule has 0 radical (unpaired) electrons. The van der Waals surface area contributed by atoms with Crippen LogP contribution in [0.1, 0.15) is 13.8 Å². The minimum absolute atomic E-state index is 0.716. The van der Waals surface area contributed by atoms with E-state index in [1.165, 1.54) is 11.5 Å². The SMILES string of the molecule is CC[S+](C)CC.F[B-](F)(F)F. The van der Waals surface area contributed by atoms with E-state index in [4.69, 9.17) is 0 Å². The molecule has 0 rings (SSSR count). The highest BCUT2D eigenvalue weighted by Crippen LogP contribution is 2.06. The van der Waals surface area contributed by atoms with Gasteiger partial charge in [-0.3, -0.25) is 0 Å². The van der Waals surface area contributed by atoms with Crippen molar-refractivity contribution >= 4 is 18.1 Å². The average Bonchev–Trinajstić information content (AvgIpc) is 1.83. The zero-order valence-corrected chi connectivity index (χ0v) is 7.73. The average molecular weight is 192 g/mol. The largest absolute Gasteiger partial charge is 0.673 e. The van der Waals surface area contributed by atoms with Crippen LogP contribution in [0.25, 0.3) is 0 Å². The second-order valence-corrected chi connectivity index (χ2v) is 4.57. The van der Waals surface area contributed by atoms with Crippen LogP contribution < -0.4 is 0 Å². The van der Waals surface area contributed by atoms with Crippen LogP contribution in [0.3, 0.4) is 0 Å². The van der Waals surface area contributed by atoms with Crippen molar-refractivity contribution < 1.29 is 17.3 Å². The Morgan fingerprint density at radius 1 is 1.00 bits per heavy atom. The van der Waals surface area contributed by atoms with Gasteiger partial charge in [0.25, 0.3) is 0 Å². The lowest BCUT2D eigenvalue weighted by atomic mass is 10.3. The molecule has 0 saturated carbocycles. The molecule has 0 spiro atoms. The van der Waals surface area contributed by atoms with E-state index in [0.717, 1.165) is 0 Å². The Labute approximate surface area is 67.8 Å². The molecule has 0 atom stereocenters. The predicted molar refractivity (Wildman–Crippen MR) is 44.6 cm³/mol. The van der Waals surface area contributed by atoms with Gasteiger partial charge in [-0.15, -0.1) is 0 Å². The number of halogens is 4. The third kappa shape index (κ3) is 39.2. The Balaban J connectivity index is 0. The smallest absolute Gasteiger partial charge is 0.418 e. The summed E-state index contributed by atoms with van der Waals surface area (Å²) in [5.41, 5.74) is 0. The minimum atomic E-state index is -6.00. The van der Waals surface area contributed by atoms with Gasteiger partial charge in [0.2, 0.25) is 0 Å². The number of rotatable bonds is 2. The van der Waals surface area contributed by atoms with Gasteiger partial charge in [-0.25, -0.2) is 0 Å². The first-order valence-electron chi connectivity index (χ1n) is 3.27. The molecule has 0 unspecified atom stereocenters. The molecule has 0 fully saturated rings. The minimum Gasteiger partial charge on any atom is -0.418 e. The van der Waals surface area contributed by atoms with Gasteiger partial charge in [-0.2, -0.15) is 0 Å². The molecule has 0 aromatic rings. The maximum atomic E-state index is 9.75. The van der Waals surface area contributed by atoms with Gasteiger partial charge in [0.05, 0.1) is 6.26 Å². The molecular weight excluding hydrogens is 179 g/mol. The lowest BCUT2D eigenvalue weighted by Gasteiger charge is -1.94. The molecule has 70 valence electrons. The Kier molecular flexibility index (Phi) is 8.50. The van der Waals surface area contributed by atoms with Crippen LogP contribution in [0.5, 0.6) is 0 Å². The van der Waals surface area contributed by atoms with Crippen molar-refractivity contribution in [1.29, 1.82) is 0 Å². The van der Waals surface area contributed by atoms with Crippen LogP contribution in [0.2, 0.25) is 0 Å². The van der Waals surface area contributed by atoms with Crippen molar-refractivity contribution in [2.24, 2.45) is 0 Å². The third-order valence-corrected chi connectivity index (χ3v) is 2.96. The van der Waals surface area contributed by atoms with E-state index in [2.05, 4.69) is 20.1 Å². The summed E-state index contributed by atoms with van der Waals surface area (Å²) < 4.78 is 39.0. The summed E-state index contributed by atoms with van der Waals surface area (Å²) in [5.74, 6) is 2.72. The van der Waals surface area contributed by atoms with E-state index in [0.29, 0.717) is 10.9 Å². The highest BCUT2D eigenvalue weighted by atomic mass is 32.2. The maximum absolute atomic E-state index is 9.75. The summed E-state index contributed by atoms with van der Waals surface area (Å²) in [6, 6.07) is 0. The van der Waals surface area contributed by atoms with E-state index in [9.17, 15) is 17.3 Å². The first kappa shape index (κ1) is 13.7. The molecule has 0 aromatic carbocycles. The van der Waals surface area contributed by atoms with Gasteiger partial charge in [0.1, 0.15) is 11.5 Å². The van der Waals surface area contributed by atoms with Crippen LogP contribution >= 0.6 is 0 Å². The Morgan fingerprint density at radius 2 is 1.18 bits per heavy atom. The van der Waals surface area contributed by atoms with Crippen LogP contribution in [0.4, 0.5) is 17.3 Å². The van der Waals surface area contributed by atoms with Gasteiger partial charge in [0, 0.05) is 0 Å². The summed E-state index contributed by atoms with van der Waals surface area (Å²) in [7, 11) is -5.28. The maximum Gasteiger partial charge on any atom is 0.673 e. The Morgan fingerprint density at radius 3 is 1.18 bits per heavy atom. The molecule has 0 amide bonds. The summed E-state index contributed by atoms with van der Waals surface area (Å²) in [4.78, 5) is 0. The first-order valence-corrected chi connectivity index (χ1v) is 5.24. The van der Waals surface area contributed by atoms with Crippen molar-refractivity contribution in [2.45, 2.75) is 13.8 Å². The lowest BCUT2D eigenvalue weighted by Crippen LogP contribution is -2.02. The van der Waals surface area contributed by atoms with E-state index in [1.807, 2.05) is 0 Å². The molecule has 0 aliphatic rings.